The Bertz CT molecular complexity index is 764. The summed E-state index contributed by atoms with van der Waals surface area (Å²) in [7, 11) is 2.91. The average Bonchev–Trinajstić information content (AvgIpc) is 2.63. The van der Waals surface area contributed by atoms with Gasteiger partial charge in [-0.25, -0.2) is 0 Å². The van der Waals surface area contributed by atoms with Crippen LogP contribution >= 0.6 is 0 Å². The number of methoxy groups -OCH3 is 2. The van der Waals surface area contributed by atoms with Crippen LogP contribution in [0, 0.1) is 0 Å². The van der Waals surface area contributed by atoms with Gasteiger partial charge in [0.15, 0.2) is 0 Å². The molecule has 138 valence electrons. The first-order valence-corrected chi connectivity index (χ1v) is 7.76. The van der Waals surface area contributed by atoms with Crippen LogP contribution in [0.5, 0.6) is 23.0 Å². The average molecular weight is 360 g/mol. The summed E-state index contributed by atoms with van der Waals surface area (Å²) in [6.45, 7) is 0.315. The van der Waals surface area contributed by atoms with Gasteiger partial charge in [-0.3, -0.25) is 9.59 Å². The van der Waals surface area contributed by atoms with Crippen molar-refractivity contribution in [3.63, 3.8) is 0 Å². The molecule has 2 rings (SSSR count). The van der Waals surface area contributed by atoms with E-state index in [1.807, 2.05) is 0 Å². The van der Waals surface area contributed by atoms with Gasteiger partial charge in [0.25, 0.3) is 11.8 Å². The summed E-state index contributed by atoms with van der Waals surface area (Å²) < 4.78 is 10.4. The van der Waals surface area contributed by atoms with E-state index in [-0.39, 0.29) is 35.7 Å². The molecule has 0 saturated carbocycles. The van der Waals surface area contributed by atoms with E-state index >= 15 is 0 Å². The molecule has 0 heterocycles. The quantitative estimate of drug-likeness (QED) is 0.553. The Kier molecular flexibility index (Phi) is 6.26. The Morgan fingerprint density at radius 3 is 1.88 bits per heavy atom. The Morgan fingerprint density at radius 1 is 0.885 bits per heavy atom. The molecule has 8 heteroatoms. The van der Waals surface area contributed by atoms with Gasteiger partial charge in [0, 0.05) is 24.7 Å². The summed E-state index contributed by atoms with van der Waals surface area (Å²) >= 11 is 0. The molecule has 0 spiro atoms. The molecule has 0 aliphatic rings. The van der Waals surface area contributed by atoms with Crippen LogP contribution in [0.15, 0.2) is 36.4 Å². The van der Waals surface area contributed by atoms with Crippen LogP contribution in [0.3, 0.4) is 0 Å². The van der Waals surface area contributed by atoms with Crippen molar-refractivity contribution in [2.75, 3.05) is 27.3 Å². The molecule has 0 fully saturated rings. The molecule has 0 unspecified atom stereocenters. The van der Waals surface area contributed by atoms with Crippen LogP contribution in [0.1, 0.15) is 20.7 Å². The fraction of sp³-hybridized carbons (Fsp3) is 0.222. The molecule has 0 atom stereocenters. The van der Waals surface area contributed by atoms with Gasteiger partial charge in [-0.1, -0.05) is 6.07 Å². The number of phenolic OH excluding ortho intramolecular Hbond substituents is 2. The smallest absolute Gasteiger partial charge is 0.258 e. The Balaban J connectivity index is 1.92. The molecule has 4 N–H and O–H groups in total. The number of benzene rings is 2. The number of carbonyl (C=O) groups excluding carboxylic acids is 2. The summed E-state index contributed by atoms with van der Waals surface area (Å²) in [5, 5.41) is 24.0. The molecule has 0 aromatic heterocycles. The van der Waals surface area contributed by atoms with Crippen molar-refractivity contribution in [1.29, 1.82) is 0 Å². The molecular formula is C18H20N2O6. The van der Waals surface area contributed by atoms with Crippen LogP contribution in [-0.4, -0.2) is 49.3 Å². The SMILES string of the molecule is COc1cccc(OC)c1C(=O)NCCNC(=O)c1cc(O)cc(O)c1. The second-order valence-electron chi connectivity index (χ2n) is 5.29. The van der Waals surface area contributed by atoms with Gasteiger partial charge in [0.2, 0.25) is 0 Å². The normalized spacial score (nSPS) is 10.1. The predicted octanol–water partition coefficient (Wildman–Crippen LogP) is 1.27. The van der Waals surface area contributed by atoms with E-state index in [1.54, 1.807) is 18.2 Å². The van der Waals surface area contributed by atoms with E-state index in [2.05, 4.69) is 10.6 Å². The monoisotopic (exact) mass is 360 g/mol. The highest BCUT2D eigenvalue weighted by atomic mass is 16.5. The van der Waals surface area contributed by atoms with Crippen LogP contribution < -0.4 is 20.1 Å². The summed E-state index contributed by atoms with van der Waals surface area (Å²) in [5.74, 6) is -0.565. The fourth-order valence-corrected chi connectivity index (χ4v) is 2.34. The molecule has 0 aliphatic carbocycles. The maximum Gasteiger partial charge on any atom is 0.258 e. The van der Waals surface area contributed by atoms with Crippen LogP contribution in [0.2, 0.25) is 0 Å². The van der Waals surface area contributed by atoms with E-state index in [0.717, 1.165) is 6.07 Å². The predicted molar refractivity (Wildman–Crippen MR) is 94.0 cm³/mol. The van der Waals surface area contributed by atoms with Gasteiger partial charge in [0.1, 0.15) is 28.6 Å². The van der Waals surface area contributed by atoms with E-state index in [1.165, 1.54) is 26.4 Å². The van der Waals surface area contributed by atoms with Crippen molar-refractivity contribution in [2.45, 2.75) is 0 Å². The number of nitrogens with one attached hydrogen (secondary N) is 2. The lowest BCUT2D eigenvalue weighted by molar-refractivity contribution is 0.0924. The number of aromatic hydroxyl groups is 2. The summed E-state index contributed by atoms with van der Waals surface area (Å²) in [6, 6.07) is 8.58. The zero-order chi connectivity index (χ0) is 19.1. The lowest BCUT2D eigenvalue weighted by Gasteiger charge is -2.13. The van der Waals surface area contributed by atoms with Gasteiger partial charge in [-0.15, -0.1) is 0 Å². The third-order valence-corrected chi connectivity index (χ3v) is 3.52. The van der Waals surface area contributed by atoms with E-state index in [4.69, 9.17) is 9.47 Å². The summed E-state index contributed by atoms with van der Waals surface area (Å²) in [5.41, 5.74) is 0.377. The van der Waals surface area contributed by atoms with Gasteiger partial charge in [-0.2, -0.15) is 0 Å². The molecule has 0 bridgehead atoms. The molecule has 2 aromatic rings. The molecule has 26 heavy (non-hydrogen) atoms. The zero-order valence-corrected chi connectivity index (χ0v) is 14.4. The fourth-order valence-electron chi connectivity index (χ4n) is 2.34. The van der Waals surface area contributed by atoms with Crippen molar-refractivity contribution in [1.82, 2.24) is 10.6 Å². The maximum atomic E-state index is 12.4. The molecule has 0 saturated heterocycles. The highest BCUT2D eigenvalue weighted by Crippen LogP contribution is 2.27. The van der Waals surface area contributed by atoms with Crippen molar-refractivity contribution in [2.24, 2.45) is 0 Å². The molecule has 2 amide bonds. The first kappa shape index (κ1) is 18.9. The number of phenols is 2. The minimum absolute atomic E-state index is 0.111. The second kappa shape index (κ2) is 8.61. The first-order valence-electron chi connectivity index (χ1n) is 7.76. The van der Waals surface area contributed by atoms with Crippen molar-refractivity contribution in [3.8, 4) is 23.0 Å². The first-order chi connectivity index (χ1) is 12.5. The molecular weight excluding hydrogens is 340 g/mol. The highest BCUT2D eigenvalue weighted by Gasteiger charge is 2.17. The molecule has 8 nitrogen and oxygen atoms in total. The number of carbonyl (C=O) groups is 2. The van der Waals surface area contributed by atoms with Crippen LogP contribution in [0.4, 0.5) is 0 Å². The number of hydrogen-bond acceptors (Lipinski definition) is 6. The number of ether oxygens (including phenoxy) is 2. The van der Waals surface area contributed by atoms with E-state index in [9.17, 15) is 19.8 Å². The van der Waals surface area contributed by atoms with Gasteiger partial charge in [-0.05, 0) is 24.3 Å². The van der Waals surface area contributed by atoms with Crippen LogP contribution in [-0.2, 0) is 0 Å². The lowest BCUT2D eigenvalue weighted by Crippen LogP contribution is -2.35. The van der Waals surface area contributed by atoms with Crippen molar-refractivity contribution >= 4 is 11.8 Å². The Labute approximate surface area is 150 Å². The summed E-state index contributed by atoms with van der Waals surface area (Å²) in [4.78, 5) is 24.3. The lowest BCUT2D eigenvalue weighted by atomic mass is 10.1. The molecule has 2 aromatic carbocycles. The van der Waals surface area contributed by atoms with E-state index in [0.29, 0.717) is 11.5 Å². The number of hydrogen-bond donors (Lipinski definition) is 4. The third kappa shape index (κ3) is 4.56. The summed E-state index contributed by atoms with van der Waals surface area (Å²) in [6.07, 6.45) is 0. The molecule has 0 aliphatic heterocycles. The van der Waals surface area contributed by atoms with E-state index < -0.39 is 11.8 Å². The van der Waals surface area contributed by atoms with Crippen molar-refractivity contribution < 1.29 is 29.3 Å². The Morgan fingerprint density at radius 2 is 1.38 bits per heavy atom. The maximum absolute atomic E-state index is 12.4. The largest absolute Gasteiger partial charge is 0.508 e. The zero-order valence-electron chi connectivity index (χ0n) is 14.4. The minimum Gasteiger partial charge on any atom is -0.508 e. The highest BCUT2D eigenvalue weighted by molar-refractivity contribution is 5.99. The number of amides is 2. The van der Waals surface area contributed by atoms with Crippen LogP contribution in [0.25, 0.3) is 0 Å². The van der Waals surface area contributed by atoms with Gasteiger partial charge in [0.05, 0.1) is 14.2 Å². The van der Waals surface area contributed by atoms with Crippen molar-refractivity contribution in [3.05, 3.63) is 47.5 Å². The minimum atomic E-state index is -0.486. The number of rotatable bonds is 7. The second-order valence-corrected chi connectivity index (χ2v) is 5.29. The Hall–Kier alpha value is -3.42. The third-order valence-electron chi connectivity index (χ3n) is 3.52. The standard InChI is InChI=1S/C18H20N2O6/c1-25-14-4-3-5-15(26-2)16(14)18(24)20-7-6-19-17(23)11-8-12(21)10-13(22)9-11/h3-5,8-10,21-22H,6-7H2,1-2H3,(H,19,23)(H,20,24). The van der Waals surface area contributed by atoms with Gasteiger partial charge >= 0.3 is 0 Å². The molecule has 0 radical (unpaired) electrons. The topological polar surface area (TPSA) is 117 Å². The van der Waals surface area contributed by atoms with Gasteiger partial charge < -0.3 is 30.3 Å².